The Morgan fingerprint density at radius 1 is 1.12 bits per heavy atom. The van der Waals surface area contributed by atoms with Gasteiger partial charge < -0.3 is 4.90 Å². The maximum atomic E-state index is 13.0. The maximum Gasteiger partial charge on any atom is 0.253 e. The van der Waals surface area contributed by atoms with Crippen LogP contribution < -0.4 is 5.43 Å². The lowest BCUT2D eigenvalue weighted by Crippen LogP contribution is -2.42. The molecule has 1 aromatic heterocycles. The molecule has 3 rings (SSSR count). The minimum atomic E-state index is -0.371. The number of nitrogens with one attached hydrogen (secondary N) is 1. The highest BCUT2D eigenvalue weighted by Gasteiger charge is 2.27. The summed E-state index contributed by atoms with van der Waals surface area (Å²) in [5, 5.41) is 3.96. The molecule has 2 heterocycles. The van der Waals surface area contributed by atoms with Crippen LogP contribution >= 0.6 is 0 Å². The molecular weight excluding hydrogens is 335 g/mol. The highest BCUT2D eigenvalue weighted by atomic mass is 19.1. The van der Waals surface area contributed by atoms with Gasteiger partial charge in [-0.15, -0.1) is 0 Å². The molecule has 0 unspecified atom stereocenters. The molecule has 2 amide bonds. The number of likely N-dealkylation sites (tertiary alicyclic amines) is 1. The van der Waals surface area contributed by atoms with Gasteiger partial charge in [-0.3, -0.25) is 14.6 Å². The van der Waals surface area contributed by atoms with E-state index in [9.17, 15) is 14.0 Å². The van der Waals surface area contributed by atoms with Crippen LogP contribution in [0, 0.1) is 11.7 Å². The second-order valence-corrected chi connectivity index (χ2v) is 6.09. The first kappa shape index (κ1) is 17.7. The fourth-order valence-electron chi connectivity index (χ4n) is 2.83. The van der Waals surface area contributed by atoms with Crippen molar-refractivity contribution < 1.29 is 14.0 Å². The number of benzene rings is 1. The SMILES string of the molecule is O=C(N/N=C\c1ccncc1)C1CCN(C(=O)c2ccc(F)cc2)CC1. The predicted molar refractivity (Wildman–Crippen MR) is 95.0 cm³/mol. The molecule has 0 aliphatic carbocycles. The third kappa shape index (κ3) is 4.50. The van der Waals surface area contributed by atoms with Crippen molar-refractivity contribution in [2.24, 2.45) is 11.0 Å². The number of pyridine rings is 1. The molecule has 6 nitrogen and oxygen atoms in total. The van der Waals surface area contributed by atoms with Crippen LogP contribution in [0.4, 0.5) is 4.39 Å². The van der Waals surface area contributed by atoms with E-state index in [-0.39, 0.29) is 23.5 Å². The Morgan fingerprint density at radius 2 is 1.77 bits per heavy atom. The van der Waals surface area contributed by atoms with Gasteiger partial charge in [-0.05, 0) is 54.8 Å². The Morgan fingerprint density at radius 3 is 2.42 bits per heavy atom. The van der Waals surface area contributed by atoms with Crippen LogP contribution in [0.1, 0.15) is 28.8 Å². The van der Waals surface area contributed by atoms with Crippen LogP contribution in [-0.4, -0.2) is 41.0 Å². The number of halogens is 1. The summed E-state index contributed by atoms with van der Waals surface area (Å²) in [5.74, 6) is -0.838. The smallest absolute Gasteiger partial charge is 0.253 e. The van der Waals surface area contributed by atoms with Gasteiger partial charge in [0, 0.05) is 37.0 Å². The van der Waals surface area contributed by atoms with Gasteiger partial charge in [0.15, 0.2) is 0 Å². The number of amides is 2. The van der Waals surface area contributed by atoms with E-state index in [1.807, 2.05) is 0 Å². The van der Waals surface area contributed by atoms with E-state index in [4.69, 9.17) is 0 Å². The zero-order valence-electron chi connectivity index (χ0n) is 14.1. The quantitative estimate of drug-likeness (QED) is 0.676. The molecule has 26 heavy (non-hydrogen) atoms. The van der Waals surface area contributed by atoms with Crippen molar-refractivity contribution in [1.29, 1.82) is 0 Å². The molecule has 7 heteroatoms. The maximum absolute atomic E-state index is 13.0. The minimum Gasteiger partial charge on any atom is -0.339 e. The van der Waals surface area contributed by atoms with E-state index in [2.05, 4.69) is 15.5 Å². The summed E-state index contributed by atoms with van der Waals surface area (Å²) < 4.78 is 13.0. The molecule has 1 aromatic carbocycles. The van der Waals surface area contributed by atoms with Crippen LogP contribution in [-0.2, 0) is 4.79 Å². The molecule has 0 saturated carbocycles. The second-order valence-electron chi connectivity index (χ2n) is 6.09. The lowest BCUT2D eigenvalue weighted by atomic mass is 9.95. The summed E-state index contributed by atoms with van der Waals surface area (Å²) in [6.45, 7) is 0.977. The molecule has 0 spiro atoms. The fourth-order valence-corrected chi connectivity index (χ4v) is 2.83. The summed E-state index contributed by atoms with van der Waals surface area (Å²) in [4.78, 5) is 30.2. The molecule has 1 fully saturated rings. The monoisotopic (exact) mass is 354 g/mol. The first-order valence-electron chi connectivity index (χ1n) is 8.41. The Labute approximate surface area is 150 Å². The number of nitrogens with zero attached hydrogens (tertiary/aromatic N) is 3. The number of aromatic nitrogens is 1. The normalized spacial score (nSPS) is 15.2. The van der Waals surface area contributed by atoms with Gasteiger partial charge >= 0.3 is 0 Å². The molecule has 0 radical (unpaired) electrons. The van der Waals surface area contributed by atoms with Crippen LogP contribution in [0.2, 0.25) is 0 Å². The lowest BCUT2D eigenvalue weighted by Gasteiger charge is -2.31. The van der Waals surface area contributed by atoms with E-state index in [1.54, 1.807) is 35.6 Å². The standard InChI is InChI=1S/C19H19FN4O2/c20-17-3-1-16(2-4-17)19(26)24-11-7-15(8-12-24)18(25)23-22-13-14-5-9-21-10-6-14/h1-6,9-10,13,15H,7-8,11-12H2,(H,23,25)/b22-13-. The van der Waals surface area contributed by atoms with Crippen LogP contribution in [0.5, 0.6) is 0 Å². The number of rotatable bonds is 4. The zero-order chi connectivity index (χ0) is 18.4. The van der Waals surface area contributed by atoms with Crippen molar-refractivity contribution in [1.82, 2.24) is 15.3 Å². The zero-order valence-corrected chi connectivity index (χ0v) is 14.1. The summed E-state index contributed by atoms with van der Waals surface area (Å²) in [6.07, 6.45) is 6.01. The summed E-state index contributed by atoms with van der Waals surface area (Å²) in [5.41, 5.74) is 3.85. The molecule has 0 bridgehead atoms. The second kappa shape index (κ2) is 8.33. The van der Waals surface area contributed by atoms with Crippen molar-refractivity contribution >= 4 is 18.0 Å². The van der Waals surface area contributed by atoms with Crippen molar-refractivity contribution in [3.05, 3.63) is 65.7 Å². The number of carbonyl (C=O) groups excluding carboxylic acids is 2. The van der Waals surface area contributed by atoms with Crippen molar-refractivity contribution in [3.8, 4) is 0 Å². The van der Waals surface area contributed by atoms with E-state index >= 15 is 0 Å². The molecule has 2 aromatic rings. The number of hydrazone groups is 1. The molecule has 1 aliphatic rings. The Hall–Kier alpha value is -3.09. The predicted octanol–water partition coefficient (Wildman–Crippen LogP) is 2.22. The van der Waals surface area contributed by atoms with Crippen molar-refractivity contribution in [2.45, 2.75) is 12.8 Å². The first-order chi connectivity index (χ1) is 12.6. The van der Waals surface area contributed by atoms with Gasteiger partial charge in [0.25, 0.3) is 5.91 Å². The van der Waals surface area contributed by atoms with Crippen molar-refractivity contribution in [3.63, 3.8) is 0 Å². The summed E-state index contributed by atoms with van der Waals surface area (Å²) >= 11 is 0. The van der Waals surface area contributed by atoms with Gasteiger partial charge in [-0.2, -0.15) is 5.10 Å². The fraction of sp³-hybridized carbons (Fsp3) is 0.263. The van der Waals surface area contributed by atoms with Gasteiger partial charge in [0.05, 0.1) is 6.21 Å². The Kier molecular flexibility index (Phi) is 5.68. The number of hydrogen-bond acceptors (Lipinski definition) is 4. The number of carbonyl (C=O) groups is 2. The highest BCUT2D eigenvalue weighted by molar-refractivity contribution is 5.94. The average molecular weight is 354 g/mol. The molecule has 1 N–H and O–H groups in total. The van der Waals surface area contributed by atoms with Gasteiger partial charge in [-0.25, -0.2) is 9.82 Å². The first-order valence-corrected chi connectivity index (χ1v) is 8.41. The summed E-state index contributed by atoms with van der Waals surface area (Å²) in [7, 11) is 0. The van der Waals surface area contributed by atoms with E-state index < -0.39 is 0 Å². The Balaban J connectivity index is 1.48. The van der Waals surface area contributed by atoms with Crippen LogP contribution in [0.3, 0.4) is 0 Å². The topological polar surface area (TPSA) is 74.7 Å². The molecule has 134 valence electrons. The van der Waals surface area contributed by atoms with E-state index in [0.29, 0.717) is 31.5 Å². The Bertz CT molecular complexity index is 785. The molecule has 1 saturated heterocycles. The third-order valence-electron chi connectivity index (χ3n) is 4.34. The third-order valence-corrected chi connectivity index (χ3v) is 4.34. The van der Waals surface area contributed by atoms with Crippen LogP contribution in [0.25, 0.3) is 0 Å². The number of hydrogen-bond donors (Lipinski definition) is 1. The molecular formula is C19H19FN4O2. The largest absolute Gasteiger partial charge is 0.339 e. The van der Waals surface area contributed by atoms with Gasteiger partial charge in [0.1, 0.15) is 5.82 Å². The van der Waals surface area contributed by atoms with Gasteiger partial charge in [-0.1, -0.05) is 0 Å². The number of piperidine rings is 1. The highest BCUT2D eigenvalue weighted by Crippen LogP contribution is 2.19. The van der Waals surface area contributed by atoms with E-state index in [0.717, 1.165) is 5.56 Å². The van der Waals surface area contributed by atoms with Gasteiger partial charge in [0.2, 0.25) is 5.91 Å². The molecule has 1 aliphatic heterocycles. The van der Waals surface area contributed by atoms with Crippen LogP contribution in [0.15, 0.2) is 53.9 Å². The minimum absolute atomic E-state index is 0.139. The van der Waals surface area contributed by atoms with Crippen molar-refractivity contribution in [2.75, 3.05) is 13.1 Å². The molecule has 0 atom stereocenters. The average Bonchev–Trinajstić information content (AvgIpc) is 2.69. The summed E-state index contributed by atoms with van der Waals surface area (Å²) in [6, 6.07) is 9.07. The van der Waals surface area contributed by atoms with E-state index in [1.165, 1.54) is 24.3 Å². The lowest BCUT2D eigenvalue weighted by molar-refractivity contribution is -0.126.